The van der Waals surface area contributed by atoms with Crippen molar-refractivity contribution in [3.63, 3.8) is 0 Å². The Hall–Kier alpha value is -3.57. The van der Waals surface area contributed by atoms with E-state index in [4.69, 9.17) is 0 Å². The van der Waals surface area contributed by atoms with Gasteiger partial charge in [0, 0.05) is 29.9 Å². The van der Waals surface area contributed by atoms with Gasteiger partial charge in [-0.05, 0) is 91.1 Å². The second kappa shape index (κ2) is 10.8. The summed E-state index contributed by atoms with van der Waals surface area (Å²) in [7, 11) is 0. The molecule has 33 heavy (non-hydrogen) atoms. The van der Waals surface area contributed by atoms with Gasteiger partial charge >= 0.3 is 0 Å². The Kier molecular flexibility index (Phi) is 7.91. The number of hydrogen-bond donors (Lipinski definition) is 2. The smallest absolute Gasteiger partial charge is 0.0974 e. The van der Waals surface area contributed by atoms with Crippen molar-refractivity contribution in [2.45, 2.75) is 34.2 Å². The van der Waals surface area contributed by atoms with Gasteiger partial charge in [0.15, 0.2) is 0 Å². The van der Waals surface area contributed by atoms with Crippen molar-refractivity contribution in [3.05, 3.63) is 102 Å². The largest absolute Gasteiger partial charge is 0.313 e. The molecule has 0 saturated carbocycles. The van der Waals surface area contributed by atoms with Gasteiger partial charge in [0.1, 0.15) is 0 Å². The molecule has 0 aliphatic rings. The van der Waals surface area contributed by atoms with Crippen LogP contribution in [0.2, 0.25) is 0 Å². The predicted molar refractivity (Wildman–Crippen MR) is 137 cm³/mol. The lowest BCUT2D eigenvalue weighted by Gasteiger charge is -2.09. The zero-order chi connectivity index (χ0) is 24.0. The van der Waals surface area contributed by atoms with E-state index in [2.05, 4.69) is 58.8 Å². The Morgan fingerprint density at radius 1 is 1.09 bits per heavy atom. The van der Waals surface area contributed by atoms with Crippen molar-refractivity contribution in [3.8, 4) is 11.1 Å². The molecule has 0 saturated heterocycles. The third kappa shape index (κ3) is 5.82. The molecule has 0 fully saturated rings. The van der Waals surface area contributed by atoms with E-state index in [9.17, 15) is 4.39 Å². The molecule has 0 unspecified atom stereocenters. The van der Waals surface area contributed by atoms with Crippen LogP contribution in [0.15, 0.2) is 90.6 Å². The van der Waals surface area contributed by atoms with Crippen LogP contribution in [0.25, 0.3) is 27.6 Å². The fraction of sp³-hybridized carbons (Fsp3) is 0.214. The molecule has 0 spiro atoms. The Bertz CT molecular complexity index is 1270. The number of benzene rings is 1. The van der Waals surface area contributed by atoms with Crippen molar-refractivity contribution in [2.24, 2.45) is 0 Å². The highest BCUT2D eigenvalue weighted by Gasteiger charge is 2.11. The van der Waals surface area contributed by atoms with Gasteiger partial charge in [0.25, 0.3) is 0 Å². The molecule has 0 atom stereocenters. The standard InChI is InChI=1S/C28H31FN4/c1-7-25(19(4)12-21(6)29)18(3)11-20(5)28-26-14-23(9-10-27(26)32-33-28)24-13-22(15-30-8-2)16-31-17-24/h7,9-14,16-17,30H,3-4,8,15H2,1-2,5-6H3,(H,32,33)/b20-11+,21-12+,25-7+. The zero-order valence-corrected chi connectivity index (χ0v) is 19.8. The summed E-state index contributed by atoms with van der Waals surface area (Å²) in [5.41, 5.74) is 8.19. The van der Waals surface area contributed by atoms with Crippen LogP contribution < -0.4 is 5.32 Å². The molecule has 0 bridgehead atoms. The van der Waals surface area contributed by atoms with Gasteiger partial charge in [-0.3, -0.25) is 10.1 Å². The lowest BCUT2D eigenvalue weighted by Crippen LogP contribution is -2.11. The molecule has 0 aliphatic carbocycles. The molecular weight excluding hydrogens is 411 g/mol. The van der Waals surface area contributed by atoms with Gasteiger partial charge in [0.2, 0.25) is 0 Å². The van der Waals surface area contributed by atoms with Gasteiger partial charge in [0.05, 0.1) is 17.0 Å². The zero-order valence-electron chi connectivity index (χ0n) is 19.8. The number of aromatic amines is 1. The quantitative estimate of drug-likeness (QED) is 0.349. The third-order valence-corrected chi connectivity index (χ3v) is 5.39. The monoisotopic (exact) mass is 442 g/mol. The maximum Gasteiger partial charge on any atom is 0.0974 e. The van der Waals surface area contributed by atoms with Crippen LogP contribution in [0, 0.1) is 0 Å². The highest BCUT2D eigenvalue weighted by molar-refractivity contribution is 5.93. The van der Waals surface area contributed by atoms with E-state index in [0.717, 1.165) is 63.1 Å². The van der Waals surface area contributed by atoms with Crippen molar-refractivity contribution >= 4 is 16.5 Å². The van der Waals surface area contributed by atoms with Gasteiger partial charge in [-0.25, -0.2) is 4.39 Å². The third-order valence-electron chi connectivity index (χ3n) is 5.39. The van der Waals surface area contributed by atoms with E-state index in [1.54, 1.807) is 0 Å². The van der Waals surface area contributed by atoms with E-state index in [1.165, 1.54) is 13.0 Å². The van der Waals surface area contributed by atoms with E-state index < -0.39 is 0 Å². The molecule has 5 heteroatoms. The SMILES string of the molecule is C=C(/C=C(\C)F)/C(=C/C)C(=C)/C=C(\C)c1n[nH]c2ccc(-c3cncc(CNCC)c3)cc12. The number of H-pyrrole nitrogens is 1. The molecule has 0 amide bonds. The highest BCUT2D eigenvalue weighted by atomic mass is 19.1. The Balaban J connectivity index is 1.95. The Morgan fingerprint density at radius 3 is 2.55 bits per heavy atom. The molecule has 2 heterocycles. The van der Waals surface area contributed by atoms with Crippen LogP contribution in [0.3, 0.4) is 0 Å². The molecule has 1 aromatic carbocycles. The van der Waals surface area contributed by atoms with E-state index in [0.29, 0.717) is 5.57 Å². The first-order valence-corrected chi connectivity index (χ1v) is 11.0. The predicted octanol–water partition coefficient (Wildman–Crippen LogP) is 7.07. The molecule has 2 aromatic heterocycles. The molecule has 4 nitrogen and oxygen atoms in total. The molecule has 0 aliphatic heterocycles. The molecule has 0 radical (unpaired) electrons. The highest BCUT2D eigenvalue weighted by Crippen LogP contribution is 2.30. The number of pyridine rings is 1. The molecular formula is C28H31FN4. The molecule has 170 valence electrons. The first-order chi connectivity index (χ1) is 15.8. The van der Waals surface area contributed by atoms with Gasteiger partial charge in [-0.2, -0.15) is 5.10 Å². The minimum absolute atomic E-state index is 0.289. The number of rotatable bonds is 9. The lowest BCUT2D eigenvalue weighted by atomic mass is 9.96. The summed E-state index contributed by atoms with van der Waals surface area (Å²) in [6.45, 7) is 17.2. The second-order valence-corrected chi connectivity index (χ2v) is 8.01. The number of hydrogen-bond acceptors (Lipinski definition) is 3. The summed E-state index contributed by atoms with van der Waals surface area (Å²) >= 11 is 0. The number of allylic oxidation sites excluding steroid dienone is 8. The van der Waals surface area contributed by atoms with Crippen LogP contribution in [0.1, 0.15) is 39.0 Å². The minimum atomic E-state index is -0.289. The van der Waals surface area contributed by atoms with E-state index in [-0.39, 0.29) is 5.83 Å². The van der Waals surface area contributed by atoms with Gasteiger partial charge in [-0.15, -0.1) is 0 Å². The maximum absolute atomic E-state index is 13.3. The number of halogens is 1. The van der Waals surface area contributed by atoms with Gasteiger partial charge < -0.3 is 5.32 Å². The average molecular weight is 443 g/mol. The topological polar surface area (TPSA) is 53.6 Å². The van der Waals surface area contributed by atoms with Gasteiger partial charge in [-0.1, -0.05) is 32.2 Å². The summed E-state index contributed by atoms with van der Waals surface area (Å²) < 4.78 is 13.3. The van der Waals surface area contributed by atoms with E-state index >= 15 is 0 Å². The molecule has 3 aromatic rings. The van der Waals surface area contributed by atoms with E-state index in [1.807, 2.05) is 44.5 Å². The summed E-state index contributed by atoms with van der Waals surface area (Å²) in [4.78, 5) is 4.41. The first-order valence-electron chi connectivity index (χ1n) is 11.0. The molecule has 2 N–H and O–H groups in total. The second-order valence-electron chi connectivity index (χ2n) is 8.01. The van der Waals surface area contributed by atoms with Crippen LogP contribution in [-0.4, -0.2) is 21.7 Å². The summed E-state index contributed by atoms with van der Waals surface area (Å²) in [6, 6.07) is 8.40. The summed E-state index contributed by atoms with van der Waals surface area (Å²) in [6.07, 6.45) is 9.03. The molecule has 3 rings (SSSR count). The maximum atomic E-state index is 13.3. The summed E-state index contributed by atoms with van der Waals surface area (Å²) in [5.74, 6) is -0.289. The number of nitrogens with one attached hydrogen (secondary N) is 2. The fourth-order valence-corrected chi connectivity index (χ4v) is 3.81. The van der Waals surface area contributed by atoms with Crippen LogP contribution in [0.4, 0.5) is 4.39 Å². The lowest BCUT2D eigenvalue weighted by molar-refractivity contribution is 0.640. The number of aromatic nitrogens is 3. The summed E-state index contributed by atoms with van der Waals surface area (Å²) in [5, 5.41) is 12.0. The van der Waals surface area contributed by atoms with Crippen molar-refractivity contribution in [1.29, 1.82) is 0 Å². The Labute approximate surface area is 195 Å². The minimum Gasteiger partial charge on any atom is -0.313 e. The first kappa shape index (κ1) is 24.1. The van der Waals surface area contributed by atoms with Crippen LogP contribution in [-0.2, 0) is 6.54 Å². The fourth-order valence-electron chi connectivity index (χ4n) is 3.81. The normalized spacial score (nSPS) is 12.9. The van der Waals surface area contributed by atoms with Crippen LogP contribution in [0.5, 0.6) is 0 Å². The van der Waals surface area contributed by atoms with Crippen molar-refractivity contribution < 1.29 is 4.39 Å². The Morgan fingerprint density at radius 2 is 1.85 bits per heavy atom. The van der Waals surface area contributed by atoms with Crippen molar-refractivity contribution in [1.82, 2.24) is 20.5 Å². The van der Waals surface area contributed by atoms with Crippen molar-refractivity contribution in [2.75, 3.05) is 6.54 Å². The number of fused-ring (bicyclic) bond motifs is 1. The van der Waals surface area contributed by atoms with Crippen LogP contribution >= 0.6 is 0 Å². The average Bonchev–Trinajstić information content (AvgIpc) is 3.21. The number of nitrogens with zero attached hydrogens (tertiary/aromatic N) is 2.